The van der Waals surface area contributed by atoms with Crippen LogP contribution in [0.5, 0.6) is 0 Å². The lowest BCUT2D eigenvalue weighted by Gasteiger charge is -2.04. The van der Waals surface area contributed by atoms with Crippen molar-refractivity contribution in [1.29, 1.82) is 0 Å². The first-order chi connectivity index (χ1) is 8.75. The van der Waals surface area contributed by atoms with Crippen LogP contribution >= 0.6 is 0 Å². The van der Waals surface area contributed by atoms with Gasteiger partial charge in [0.1, 0.15) is 0 Å². The van der Waals surface area contributed by atoms with Crippen LogP contribution in [0.2, 0.25) is 0 Å². The lowest BCUT2D eigenvalue weighted by atomic mass is 10.1. The summed E-state index contributed by atoms with van der Waals surface area (Å²) >= 11 is 0. The Morgan fingerprint density at radius 1 is 1.44 bits per heavy atom. The van der Waals surface area contributed by atoms with Crippen molar-refractivity contribution in [2.75, 3.05) is 0 Å². The van der Waals surface area contributed by atoms with E-state index < -0.39 is 5.97 Å². The quantitative estimate of drug-likeness (QED) is 0.867. The highest BCUT2D eigenvalue weighted by atomic mass is 16.4. The Kier molecular flexibility index (Phi) is 1.74. The molecule has 1 fully saturated rings. The van der Waals surface area contributed by atoms with E-state index in [0.29, 0.717) is 17.7 Å². The predicted molar refractivity (Wildman–Crippen MR) is 62.9 cm³/mol. The molecule has 2 heterocycles. The number of nitrogens with zero attached hydrogens (tertiary/aromatic N) is 3. The summed E-state index contributed by atoms with van der Waals surface area (Å²) in [7, 11) is 0. The van der Waals surface area contributed by atoms with Gasteiger partial charge < -0.3 is 5.11 Å². The molecule has 0 unspecified atom stereocenters. The monoisotopic (exact) mass is 241 g/mol. The first-order valence-corrected chi connectivity index (χ1v) is 6.02. The molecule has 18 heavy (non-hydrogen) atoms. The Bertz CT molecular complexity index is 648. The van der Waals surface area contributed by atoms with Gasteiger partial charge in [-0.3, -0.25) is 0 Å². The molecule has 0 radical (unpaired) electrons. The summed E-state index contributed by atoms with van der Waals surface area (Å²) in [6.45, 7) is 0. The molecule has 0 aliphatic heterocycles. The zero-order valence-corrected chi connectivity index (χ0v) is 9.58. The fourth-order valence-electron chi connectivity index (χ4n) is 2.94. The lowest BCUT2D eigenvalue weighted by Crippen LogP contribution is -2.05. The van der Waals surface area contributed by atoms with Crippen molar-refractivity contribution in [2.45, 2.75) is 18.8 Å². The highest BCUT2D eigenvalue weighted by molar-refractivity contribution is 5.88. The van der Waals surface area contributed by atoms with Crippen LogP contribution in [-0.2, 0) is 6.42 Å². The van der Waals surface area contributed by atoms with Gasteiger partial charge in [0.2, 0.25) is 0 Å². The van der Waals surface area contributed by atoms with Gasteiger partial charge in [-0.2, -0.15) is 5.10 Å². The van der Waals surface area contributed by atoms with Gasteiger partial charge in [0, 0.05) is 17.7 Å². The third kappa shape index (κ3) is 1.19. The normalized spacial score (nSPS) is 23.6. The molecule has 2 aromatic heterocycles. The largest absolute Gasteiger partial charge is 0.476 e. The third-order valence-corrected chi connectivity index (χ3v) is 3.83. The van der Waals surface area contributed by atoms with E-state index in [1.807, 2.05) is 18.2 Å². The number of pyridine rings is 1. The SMILES string of the molecule is O=C(O)c1nn(-c2ccccn2)c2c1C[C@H]1C[C@@H]21. The fourth-order valence-corrected chi connectivity index (χ4v) is 2.94. The van der Waals surface area contributed by atoms with Crippen molar-refractivity contribution in [2.24, 2.45) is 5.92 Å². The minimum Gasteiger partial charge on any atom is -0.476 e. The Morgan fingerprint density at radius 3 is 3.06 bits per heavy atom. The molecule has 1 saturated carbocycles. The molecule has 90 valence electrons. The average Bonchev–Trinajstić information content (AvgIpc) is 2.88. The third-order valence-electron chi connectivity index (χ3n) is 3.83. The summed E-state index contributed by atoms with van der Waals surface area (Å²) in [6.07, 6.45) is 3.71. The summed E-state index contributed by atoms with van der Waals surface area (Å²) in [4.78, 5) is 15.5. The number of fused-ring (bicyclic) bond motifs is 3. The molecule has 5 nitrogen and oxygen atoms in total. The van der Waals surface area contributed by atoms with Crippen molar-refractivity contribution < 1.29 is 9.90 Å². The van der Waals surface area contributed by atoms with Gasteiger partial charge >= 0.3 is 5.97 Å². The molecule has 1 N–H and O–H groups in total. The van der Waals surface area contributed by atoms with E-state index in [9.17, 15) is 9.90 Å². The summed E-state index contributed by atoms with van der Waals surface area (Å²) in [5.41, 5.74) is 2.17. The van der Waals surface area contributed by atoms with Crippen LogP contribution in [0.15, 0.2) is 24.4 Å². The van der Waals surface area contributed by atoms with Gasteiger partial charge in [0.25, 0.3) is 0 Å². The average molecular weight is 241 g/mol. The Morgan fingerprint density at radius 2 is 2.33 bits per heavy atom. The van der Waals surface area contributed by atoms with Gasteiger partial charge in [-0.25, -0.2) is 14.5 Å². The molecular weight excluding hydrogens is 230 g/mol. The Labute approximate surface area is 103 Å². The van der Waals surface area contributed by atoms with E-state index in [-0.39, 0.29) is 5.69 Å². The van der Waals surface area contributed by atoms with Crippen LogP contribution in [-0.4, -0.2) is 25.8 Å². The number of aromatic carboxylic acids is 1. The zero-order chi connectivity index (χ0) is 12.3. The van der Waals surface area contributed by atoms with E-state index in [0.717, 1.165) is 24.1 Å². The topological polar surface area (TPSA) is 68.0 Å². The van der Waals surface area contributed by atoms with Crippen LogP contribution in [0.1, 0.15) is 34.1 Å². The standard InChI is InChI=1S/C13H11N3O2/c17-13(18)11-9-6-7-5-8(7)12(9)16(15-11)10-3-1-2-4-14-10/h1-4,7-8H,5-6H2,(H,17,18)/t7-,8-/m1/s1. The van der Waals surface area contributed by atoms with Crippen molar-refractivity contribution in [1.82, 2.24) is 14.8 Å². The minimum atomic E-state index is -0.942. The Balaban J connectivity index is 1.94. The van der Waals surface area contributed by atoms with Crippen molar-refractivity contribution in [3.63, 3.8) is 0 Å². The van der Waals surface area contributed by atoms with E-state index in [1.165, 1.54) is 0 Å². The second kappa shape index (κ2) is 3.19. The molecule has 0 amide bonds. The zero-order valence-electron chi connectivity index (χ0n) is 9.58. The van der Waals surface area contributed by atoms with Crippen LogP contribution in [0.4, 0.5) is 0 Å². The van der Waals surface area contributed by atoms with Gasteiger partial charge in [-0.15, -0.1) is 0 Å². The number of carbonyl (C=O) groups is 1. The maximum absolute atomic E-state index is 11.2. The molecule has 0 aromatic carbocycles. The molecule has 2 atom stereocenters. The van der Waals surface area contributed by atoms with Gasteiger partial charge in [-0.05, 0) is 30.9 Å². The Hall–Kier alpha value is -2.17. The number of rotatable bonds is 2. The summed E-state index contributed by atoms with van der Waals surface area (Å²) < 4.78 is 1.72. The van der Waals surface area contributed by atoms with Gasteiger partial charge in [-0.1, -0.05) is 6.07 Å². The lowest BCUT2D eigenvalue weighted by molar-refractivity contribution is 0.0688. The predicted octanol–water partition coefficient (Wildman–Crippen LogP) is 1.63. The minimum absolute atomic E-state index is 0.197. The van der Waals surface area contributed by atoms with E-state index in [4.69, 9.17) is 0 Å². The number of carboxylic acid groups (broad SMARTS) is 1. The van der Waals surface area contributed by atoms with Gasteiger partial charge in [0.15, 0.2) is 11.5 Å². The second-order valence-electron chi connectivity index (χ2n) is 4.92. The molecule has 5 heteroatoms. The van der Waals surface area contributed by atoms with Crippen molar-refractivity contribution >= 4 is 5.97 Å². The molecule has 2 aliphatic carbocycles. The smallest absolute Gasteiger partial charge is 0.356 e. The molecule has 2 aliphatic rings. The second-order valence-corrected chi connectivity index (χ2v) is 4.92. The first-order valence-electron chi connectivity index (χ1n) is 6.02. The summed E-state index contributed by atoms with van der Waals surface area (Å²) in [6, 6.07) is 5.58. The molecule has 0 spiro atoms. The van der Waals surface area contributed by atoms with Crippen molar-refractivity contribution in [3.8, 4) is 5.82 Å². The highest BCUT2D eigenvalue weighted by Gasteiger charge is 2.50. The van der Waals surface area contributed by atoms with E-state index >= 15 is 0 Å². The van der Waals surface area contributed by atoms with E-state index in [2.05, 4.69) is 10.1 Å². The number of carboxylic acids is 1. The maximum atomic E-state index is 11.2. The van der Waals surface area contributed by atoms with Crippen LogP contribution in [0.25, 0.3) is 5.82 Å². The van der Waals surface area contributed by atoms with Crippen LogP contribution in [0.3, 0.4) is 0 Å². The summed E-state index contributed by atoms with van der Waals surface area (Å²) in [5.74, 6) is 0.879. The van der Waals surface area contributed by atoms with Crippen molar-refractivity contribution in [3.05, 3.63) is 41.3 Å². The first kappa shape index (κ1) is 9.82. The molecule has 0 saturated heterocycles. The molecule has 0 bridgehead atoms. The molecule has 4 rings (SSSR count). The van der Waals surface area contributed by atoms with E-state index in [1.54, 1.807) is 10.9 Å². The molecule has 2 aromatic rings. The number of hydrogen-bond acceptors (Lipinski definition) is 3. The highest BCUT2D eigenvalue weighted by Crippen LogP contribution is 2.57. The maximum Gasteiger partial charge on any atom is 0.356 e. The van der Waals surface area contributed by atoms with Crippen LogP contribution in [0, 0.1) is 5.92 Å². The fraction of sp³-hybridized carbons (Fsp3) is 0.308. The number of aromatic nitrogens is 3. The summed E-state index contributed by atoms with van der Waals surface area (Å²) in [5, 5.41) is 13.4. The molecular formula is C13H11N3O2. The van der Waals surface area contributed by atoms with Gasteiger partial charge in [0.05, 0.1) is 5.69 Å². The van der Waals surface area contributed by atoms with Crippen LogP contribution < -0.4 is 0 Å². The number of hydrogen-bond donors (Lipinski definition) is 1.